The summed E-state index contributed by atoms with van der Waals surface area (Å²) in [6, 6.07) is 10.8. The number of phenolic OH excluding ortho intramolecular Hbond substituents is 1. The average Bonchev–Trinajstić information content (AvgIpc) is 3.23. The molecule has 2 aromatic heterocycles. The highest BCUT2D eigenvalue weighted by molar-refractivity contribution is 7.09. The van der Waals surface area contributed by atoms with Crippen molar-refractivity contribution >= 4 is 33.8 Å². The van der Waals surface area contributed by atoms with Crippen molar-refractivity contribution in [3.63, 3.8) is 0 Å². The third-order valence-electron chi connectivity index (χ3n) is 3.84. The van der Waals surface area contributed by atoms with Crippen molar-refractivity contribution in [2.24, 2.45) is 0 Å². The highest BCUT2D eigenvalue weighted by Gasteiger charge is 2.14. The van der Waals surface area contributed by atoms with E-state index in [1.807, 2.05) is 25.1 Å². The van der Waals surface area contributed by atoms with Crippen LogP contribution in [0.1, 0.15) is 15.5 Å². The predicted molar refractivity (Wildman–Crippen MR) is 98.0 cm³/mol. The number of amides is 1. The van der Waals surface area contributed by atoms with Crippen LogP contribution in [0.2, 0.25) is 0 Å². The van der Waals surface area contributed by atoms with Crippen LogP contribution in [0.5, 0.6) is 5.75 Å². The van der Waals surface area contributed by atoms with Gasteiger partial charge in [0.15, 0.2) is 0 Å². The van der Waals surface area contributed by atoms with Gasteiger partial charge in [0, 0.05) is 10.8 Å². The van der Waals surface area contributed by atoms with Crippen molar-refractivity contribution in [3.8, 4) is 16.9 Å². The molecule has 0 atom stereocenters. The summed E-state index contributed by atoms with van der Waals surface area (Å²) in [5, 5.41) is 23.0. The molecule has 2 heterocycles. The summed E-state index contributed by atoms with van der Waals surface area (Å²) < 4.78 is 0. The third-order valence-corrected chi connectivity index (χ3v) is 4.61. The molecule has 4 aromatic rings. The number of H-pyrrole nitrogens is 1. The van der Waals surface area contributed by atoms with Crippen molar-refractivity contribution in [2.45, 2.75) is 6.92 Å². The lowest BCUT2D eigenvalue weighted by Crippen LogP contribution is -2.12. The molecule has 0 saturated carbocycles. The molecule has 124 valence electrons. The van der Waals surface area contributed by atoms with Gasteiger partial charge in [0.05, 0.1) is 22.4 Å². The van der Waals surface area contributed by atoms with Crippen molar-refractivity contribution in [3.05, 3.63) is 58.7 Å². The predicted octanol–water partition coefficient (Wildman–Crippen LogP) is 3.95. The first-order valence-electron chi connectivity index (χ1n) is 7.60. The van der Waals surface area contributed by atoms with Gasteiger partial charge in [-0.2, -0.15) is 5.10 Å². The van der Waals surface area contributed by atoms with Gasteiger partial charge in [0.1, 0.15) is 11.4 Å². The van der Waals surface area contributed by atoms with Crippen LogP contribution in [0.3, 0.4) is 0 Å². The second-order valence-electron chi connectivity index (χ2n) is 5.61. The molecular formula is C18H14N4O2S. The van der Waals surface area contributed by atoms with Crippen molar-refractivity contribution in [1.29, 1.82) is 0 Å². The Kier molecular flexibility index (Phi) is 3.70. The number of nitrogens with one attached hydrogen (secondary N) is 2. The minimum Gasteiger partial charge on any atom is -0.508 e. The second kappa shape index (κ2) is 6.03. The molecule has 1 amide bonds. The molecule has 4 rings (SSSR count). The number of benzene rings is 2. The monoisotopic (exact) mass is 350 g/mol. The molecule has 0 radical (unpaired) electrons. The number of carbonyl (C=O) groups is 1. The topological polar surface area (TPSA) is 90.9 Å². The Labute approximate surface area is 147 Å². The molecular weight excluding hydrogens is 336 g/mol. The van der Waals surface area contributed by atoms with Gasteiger partial charge in [-0.15, -0.1) is 11.3 Å². The van der Waals surface area contributed by atoms with Crippen molar-refractivity contribution < 1.29 is 9.90 Å². The molecule has 0 bridgehead atoms. The molecule has 25 heavy (non-hydrogen) atoms. The number of thiazole rings is 1. The van der Waals surface area contributed by atoms with Crippen LogP contribution in [0.15, 0.2) is 48.0 Å². The zero-order chi connectivity index (χ0) is 17.4. The molecule has 0 aliphatic heterocycles. The van der Waals surface area contributed by atoms with E-state index in [1.54, 1.807) is 29.8 Å². The number of carbonyl (C=O) groups excluding carboxylic acids is 1. The number of phenols is 1. The molecule has 7 heteroatoms. The van der Waals surface area contributed by atoms with Crippen LogP contribution in [-0.4, -0.2) is 26.2 Å². The SMILES string of the molecule is Cc1nc(C(=O)Nc2cc(-c3cccc(O)c3)cc3[nH]ncc23)cs1. The number of fused-ring (bicyclic) bond motifs is 1. The lowest BCUT2D eigenvalue weighted by atomic mass is 10.0. The minimum atomic E-state index is -0.264. The maximum Gasteiger partial charge on any atom is 0.275 e. The first-order chi connectivity index (χ1) is 12.1. The number of aryl methyl sites for hydroxylation is 1. The van der Waals surface area contributed by atoms with Crippen LogP contribution in [0, 0.1) is 6.92 Å². The number of aromatic amines is 1. The van der Waals surface area contributed by atoms with Gasteiger partial charge in [-0.3, -0.25) is 9.89 Å². The van der Waals surface area contributed by atoms with Gasteiger partial charge in [0.2, 0.25) is 0 Å². The fourth-order valence-electron chi connectivity index (χ4n) is 2.66. The summed E-state index contributed by atoms with van der Waals surface area (Å²) in [5.74, 6) is -0.0781. The molecule has 0 fully saturated rings. The van der Waals surface area contributed by atoms with Crippen LogP contribution >= 0.6 is 11.3 Å². The lowest BCUT2D eigenvalue weighted by molar-refractivity contribution is 0.102. The zero-order valence-electron chi connectivity index (χ0n) is 13.3. The first kappa shape index (κ1) is 15.3. The molecule has 3 N–H and O–H groups in total. The highest BCUT2D eigenvalue weighted by Crippen LogP contribution is 2.31. The van der Waals surface area contributed by atoms with E-state index >= 15 is 0 Å². The van der Waals surface area contributed by atoms with Gasteiger partial charge < -0.3 is 10.4 Å². The quantitative estimate of drug-likeness (QED) is 0.522. The maximum atomic E-state index is 12.5. The van der Waals surface area contributed by atoms with E-state index in [0.29, 0.717) is 11.4 Å². The van der Waals surface area contributed by atoms with Crippen molar-refractivity contribution in [2.75, 3.05) is 5.32 Å². The van der Waals surface area contributed by atoms with E-state index < -0.39 is 0 Å². The molecule has 0 aliphatic rings. The number of aromatic nitrogens is 3. The summed E-state index contributed by atoms with van der Waals surface area (Å²) >= 11 is 1.43. The van der Waals surface area contributed by atoms with E-state index in [4.69, 9.17) is 0 Å². The normalized spacial score (nSPS) is 10.9. The van der Waals surface area contributed by atoms with Crippen LogP contribution < -0.4 is 5.32 Å². The summed E-state index contributed by atoms with van der Waals surface area (Å²) in [7, 11) is 0. The Morgan fingerprint density at radius 2 is 2.12 bits per heavy atom. The minimum absolute atomic E-state index is 0.186. The Bertz CT molecular complexity index is 1080. The molecule has 0 spiro atoms. The highest BCUT2D eigenvalue weighted by atomic mass is 32.1. The number of nitrogens with zero attached hydrogens (tertiary/aromatic N) is 2. The summed E-state index contributed by atoms with van der Waals surface area (Å²) in [4.78, 5) is 16.7. The molecule has 0 unspecified atom stereocenters. The Balaban J connectivity index is 1.77. The summed E-state index contributed by atoms with van der Waals surface area (Å²) in [6.07, 6.45) is 1.67. The number of hydrogen-bond acceptors (Lipinski definition) is 5. The van der Waals surface area contributed by atoms with Crippen LogP contribution in [0.25, 0.3) is 22.0 Å². The smallest absolute Gasteiger partial charge is 0.275 e. The van der Waals surface area contributed by atoms with Crippen LogP contribution in [0.4, 0.5) is 5.69 Å². The van der Waals surface area contributed by atoms with E-state index in [0.717, 1.165) is 27.0 Å². The van der Waals surface area contributed by atoms with E-state index in [9.17, 15) is 9.90 Å². The Morgan fingerprint density at radius 3 is 2.88 bits per heavy atom. The number of rotatable bonds is 3. The summed E-state index contributed by atoms with van der Waals surface area (Å²) in [5.41, 5.74) is 3.53. The lowest BCUT2D eigenvalue weighted by Gasteiger charge is -2.09. The van der Waals surface area contributed by atoms with Crippen molar-refractivity contribution in [1.82, 2.24) is 15.2 Å². The Hall–Kier alpha value is -3.19. The Morgan fingerprint density at radius 1 is 1.24 bits per heavy atom. The van der Waals surface area contributed by atoms with Gasteiger partial charge in [0.25, 0.3) is 5.91 Å². The van der Waals surface area contributed by atoms with Gasteiger partial charge >= 0.3 is 0 Å². The van der Waals surface area contributed by atoms with Gasteiger partial charge in [-0.25, -0.2) is 4.98 Å². The number of anilines is 1. The van der Waals surface area contributed by atoms with Gasteiger partial charge in [-0.05, 0) is 42.3 Å². The maximum absolute atomic E-state index is 12.5. The number of aromatic hydroxyl groups is 1. The fraction of sp³-hybridized carbons (Fsp3) is 0.0556. The molecule has 2 aromatic carbocycles. The average molecular weight is 350 g/mol. The molecule has 6 nitrogen and oxygen atoms in total. The molecule has 0 saturated heterocycles. The fourth-order valence-corrected chi connectivity index (χ4v) is 3.25. The first-order valence-corrected chi connectivity index (χ1v) is 8.48. The number of hydrogen-bond donors (Lipinski definition) is 3. The second-order valence-corrected chi connectivity index (χ2v) is 6.67. The van der Waals surface area contributed by atoms with Crippen LogP contribution in [-0.2, 0) is 0 Å². The van der Waals surface area contributed by atoms with E-state index in [-0.39, 0.29) is 11.7 Å². The standard InChI is InChI=1S/C18H14N4O2S/c1-10-20-17(9-25-10)18(24)21-15-6-12(7-16-14(15)8-19-22-16)11-3-2-4-13(23)5-11/h2-9,23H,1H3,(H,19,22)(H,21,24). The molecule has 0 aliphatic carbocycles. The largest absolute Gasteiger partial charge is 0.508 e. The van der Waals surface area contributed by atoms with E-state index in [1.165, 1.54) is 11.3 Å². The third kappa shape index (κ3) is 2.97. The summed E-state index contributed by atoms with van der Waals surface area (Å²) in [6.45, 7) is 1.86. The zero-order valence-corrected chi connectivity index (χ0v) is 14.1. The van der Waals surface area contributed by atoms with Gasteiger partial charge in [-0.1, -0.05) is 12.1 Å². The van der Waals surface area contributed by atoms with E-state index in [2.05, 4.69) is 20.5 Å².